The zero-order chi connectivity index (χ0) is 13.0. The first-order valence-electron chi connectivity index (χ1n) is 6.34. The molecule has 2 rings (SSSR count). The van der Waals surface area contributed by atoms with Gasteiger partial charge in [0.15, 0.2) is 0 Å². The van der Waals surface area contributed by atoms with Crippen molar-refractivity contribution in [1.82, 2.24) is 14.5 Å². The second-order valence-corrected chi connectivity index (χ2v) is 6.48. The Bertz CT molecular complexity index is 479. The highest BCUT2D eigenvalue weighted by Crippen LogP contribution is 2.33. The normalized spacial score (nSPS) is 16.1. The van der Waals surface area contributed by atoms with Crippen LogP contribution in [-0.4, -0.2) is 31.3 Å². The lowest BCUT2D eigenvalue weighted by Gasteiger charge is -2.03. The molecule has 0 aromatic carbocycles. The van der Waals surface area contributed by atoms with E-state index in [4.69, 9.17) is 5.73 Å². The summed E-state index contributed by atoms with van der Waals surface area (Å²) in [6, 6.07) is 0. The fourth-order valence-corrected chi connectivity index (χ4v) is 2.85. The average molecular weight is 272 g/mol. The number of nitrogens with one attached hydrogen (secondary N) is 1. The summed E-state index contributed by atoms with van der Waals surface area (Å²) in [7, 11) is -3.41. The zero-order valence-electron chi connectivity index (χ0n) is 10.4. The second kappa shape index (κ2) is 5.81. The van der Waals surface area contributed by atoms with E-state index >= 15 is 0 Å². The van der Waals surface area contributed by atoms with Gasteiger partial charge in [0.2, 0.25) is 10.0 Å². The molecular formula is C11H20N4O2S. The van der Waals surface area contributed by atoms with Crippen molar-refractivity contribution in [2.24, 2.45) is 11.7 Å². The summed E-state index contributed by atoms with van der Waals surface area (Å²) in [6.07, 6.45) is 7.50. The molecule has 1 heterocycles. The number of sulfonamides is 1. The van der Waals surface area contributed by atoms with Gasteiger partial charge in [-0.25, -0.2) is 13.1 Å². The summed E-state index contributed by atoms with van der Waals surface area (Å²) in [6.45, 7) is 1.47. The van der Waals surface area contributed by atoms with Crippen molar-refractivity contribution < 1.29 is 8.42 Å². The van der Waals surface area contributed by atoms with E-state index in [1.165, 1.54) is 25.2 Å². The molecule has 1 aromatic heterocycles. The van der Waals surface area contributed by atoms with Gasteiger partial charge in [-0.2, -0.15) is 5.10 Å². The summed E-state index contributed by atoms with van der Waals surface area (Å²) in [5.74, 6) is 0.835. The number of hydrogen-bond acceptors (Lipinski definition) is 4. The van der Waals surface area contributed by atoms with Crippen molar-refractivity contribution in [3.8, 4) is 0 Å². The van der Waals surface area contributed by atoms with Crippen LogP contribution in [0.25, 0.3) is 0 Å². The summed E-state index contributed by atoms with van der Waals surface area (Å²) in [4.78, 5) is 0.211. The van der Waals surface area contributed by atoms with Crippen LogP contribution in [0.3, 0.4) is 0 Å². The first kappa shape index (κ1) is 13.5. The average Bonchev–Trinajstić information content (AvgIpc) is 3.03. The summed E-state index contributed by atoms with van der Waals surface area (Å²) in [5.41, 5.74) is 5.39. The Morgan fingerprint density at radius 2 is 2.28 bits per heavy atom. The molecule has 0 atom stereocenters. The number of nitrogens with two attached hydrogens (primary N) is 1. The van der Waals surface area contributed by atoms with Crippen molar-refractivity contribution in [3.63, 3.8) is 0 Å². The molecule has 0 aliphatic heterocycles. The number of nitrogens with zero attached hydrogens (tertiary/aromatic N) is 2. The molecule has 1 fully saturated rings. The molecule has 1 saturated carbocycles. The smallest absolute Gasteiger partial charge is 0.243 e. The molecule has 1 aromatic rings. The lowest BCUT2D eigenvalue weighted by atomic mass is 10.2. The van der Waals surface area contributed by atoms with E-state index in [1.807, 2.05) is 0 Å². The van der Waals surface area contributed by atoms with Gasteiger partial charge in [0.1, 0.15) is 4.90 Å². The Labute approximate surface area is 108 Å². The molecular weight excluding hydrogens is 252 g/mol. The lowest BCUT2D eigenvalue weighted by Crippen LogP contribution is -2.24. The SMILES string of the molecule is NCCn1cc(S(=O)(=O)NCCCC2CC2)cn1. The Kier molecular flexibility index (Phi) is 4.36. The number of aromatic nitrogens is 2. The van der Waals surface area contributed by atoms with E-state index in [-0.39, 0.29) is 4.90 Å². The molecule has 6 nitrogen and oxygen atoms in total. The molecule has 0 spiro atoms. The van der Waals surface area contributed by atoms with E-state index in [9.17, 15) is 8.42 Å². The molecule has 102 valence electrons. The van der Waals surface area contributed by atoms with Gasteiger partial charge < -0.3 is 5.73 Å². The minimum absolute atomic E-state index is 0.211. The van der Waals surface area contributed by atoms with Gasteiger partial charge in [0.05, 0.1) is 12.7 Å². The molecule has 7 heteroatoms. The van der Waals surface area contributed by atoms with E-state index in [2.05, 4.69) is 9.82 Å². The monoisotopic (exact) mass is 272 g/mol. The first-order valence-corrected chi connectivity index (χ1v) is 7.82. The Morgan fingerprint density at radius 1 is 1.50 bits per heavy atom. The Hall–Kier alpha value is -0.920. The second-order valence-electron chi connectivity index (χ2n) is 4.71. The molecule has 3 N–H and O–H groups in total. The molecule has 1 aliphatic rings. The maximum atomic E-state index is 11.9. The predicted octanol–water partition coefficient (Wildman–Crippen LogP) is 0.310. The Balaban J connectivity index is 1.83. The maximum absolute atomic E-state index is 11.9. The van der Waals surface area contributed by atoms with Crippen molar-refractivity contribution in [1.29, 1.82) is 0 Å². The quantitative estimate of drug-likeness (QED) is 0.666. The van der Waals surface area contributed by atoms with Crippen LogP contribution in [0, 0.1) is 5.92 Å². The highest BCUT2D eigenvalue weighted by molar-refractivity contribution is 7.89. The van der Waals surface area contributed by atoms with Gasteiger partial charge in [0, 0.05) is 19.3 Å². The minimum Gasteiger partial charge on any atom is -0.329 e. The van der Waals surface area contributed by atoms with Crippen LogP contribution in [0.15, 0.2) is 17.3 Å². The largest absolute Gasteiger partial charge is 0.329 e. The van der Waals surface area contributed by atoms with Crippen molar-refractivity contribution >= 4 is 10.0 Å². The molecule has 0 saturated heterocycles. The van der Waals surface area contributed by atoms with Gasteiger partial charge in [-0.1, -0.05) is 12.8 Å². The third kappa shape index (κ3) is 3.79. The zero-order valence-corrected chi connectivity index (χ0v) is 11.2. The van der Waals surface area contributed by atoms with Gasteiger partial charge >= 0.3 is 0 Å². The van der Waals surface area contributed by atoms with Gasteiger partial charge in [-0.05, 0) is 18.8 Å². The van der Waals surface area contributed by atoms with Crippen LogP contribution in [0.1, 0.15) is 25.7 Å². The van der Waals surface area contributed by atoms with E-state index in [0.29, 0.717) is 19.6 Å². The molecule has 1 aliphatic carbocycles. The topological polar surface area (TPSA) is 90.0 Å². The van der Waals surface area contributed by atoms with Gasteiger partial charge in [0.25, 0.3) is 0 Å². The summed E-state index contributed by atoms with van der Waals surface area (Å²) in [5, 5.41) is 3.96. The lowest BCUT2D eigenvalue weighted by molar-refractivity contribution is 0.572. The van der Waals surface area contributed by atoms with Crippen LogP contribution < -0.4 is 10.5 Å². The minimum atomic E-state index is -3.41. The van der Waals surface area contributed by atoms with Crippen molar-refractivity contribution in [3.05, 3.63) is 12.4 Å². The van der Waals surface area contributed by atoms with Crippen LogP contribution in [-0.2, 0) is 16.6 Å². The summed E-state index contributed by atoms with van der Waals surface area (Å²) < 4.78 is 28.0. The standard InChI is InChI=1S/C11H20N4O2S/c12-5-7-15-9-11(8-13-15)18(16,17)14-6-1-2-10-3-4-10/h8-10,14H,1-7,12H2. The van der Waals surface area contributed by atoms with E-state index in [1.54, 1.807) is 4.68 Å². The highest BCUT2D eigenvalue weighted by atomic mass is 32.2. The number of rotatable bonds is 8. The van der Waals surface area contributed by atoms with Crippen molar-refractivity contribution in [2.75, 3.05) is 13.1 Å². The Morgan fingerprint density at radius 3 is 2.94 bits per heavy atom. The predicted molar refractivity (Wildman–Crippen MR) is 68.4 cm³/mol. The third-order valence-corrected chi connectivity index (χ3v) is 4.47. The van der Waals surface area contributed by atoms with Crippen LogP contribution in [0.4, 0.5) is 0 Å². The summed E-state index contributed by atoms with van der Waals surface area (Å²) >= 11 is 0. The molecule has 18 heavy (non-hydrogen) atoms. The van der Waals surface area contributed by atoms with Crippen LogP contribution >= 0.6 is 0 Å². The first-order chi connectivity index (χ1) is 8.62. The van der Waals surface area contributed by atoms with E-state index < -0.39 is 10.0 Å². The molecule has 0 unspecified atom stereocenters. The highest BCUT2D eigenvalue weighted by Gasteiger charge is 2.21. The van der Waals surface area contributed by atoms with Crippen LogP contribution in [0.5, 0.6) is 0 Å². The van der Waals surface area contributed by atoms with Crippen LogP contribution in [0.2, 0.25) is 0 Å². The molecule has 0 bridgehead atoms. The molecule has 0 radical (unpaired) electrons. The third-order valence-electron chi connectivity index (χ3n) is 3.06. The van der Waals surface area contributed by atoms with Gasteiger partial charge in [-0.15, -0.1) is 0 Å². The molecule has 0 amide bonds. The number of hydrogen-bond donors (Lipinski definition) is 2. The van der Waals surface area contributed by atoms with Gasteiger partial charge in [-0.3, -0.25) is 4.68 Å². The fraction of sp³-hybridized carbons (Fsp3) is 0.727. The fourth-order valence-electron chi connectivity index (χ4n) is 1.83. The maximum Gasteiger partial charge on any atom is 0.243 e. The van der Waals surface area contributed by atoms with Crippen molar-refractivity contribution in [2.45, 2.75) is 37.1 Å². The van der Waals surface area contributed by atoms with E-state index in [0.717, 1.165) is 18.8 Å².